The Bertz CT molecular complexity index is 1230. The summed E-state index contributed by atoms with van der Waals surface area (Å²) in [6.45, 7) is 6.58. The molecule has 0 radical (unpaired) electrons. The Balaban J connectivity index is 0.000000159. The van der Waals surface area contributed by atoms with Crippen LogP contribution < -0.4 is 5.32 Å². The Morgan fingerprint density at radius 3 is 2.47 bits per heavy atom. The summed E-state index contributed by atoms with van der Waals surface area (Å²) in [6, 6.07) is 12.8. The van der Waals surface area contributed by atoms with Crippen LogP contribution in [0.15, 0.2) is 55.0 Å². The van der Waals surface area contributed by atoms with Gasteiger partial charge in [0.25, 0.3) is 0 Å². The lowest BCUT2D eigenvalue weighted by Gasteiger charge is -2.38. The lowest BCUT2D eigenvalue weighted by Crippen LogP contribution is -2.39. The summed E-state index contributed by atoms with van der Waals surface area (Å²) in [5.74, 6) is 0.965. The van der Waals surface area contributed by atoms with E-state index < -0.39 is 0 Å². The monoisotopic (exact) mass is 456 g/mol. The predicted molar refractivity (Wildman–Crippen MR) is 140 cm³/mol. The Morgan fingerprint density at radius 2 is 1.74 bits per heavy atom. The molecule has 1 aliphatic heterocycles. The molecule has 3 aromatic heterocycles. The summed E-state index contributed by atoms with van der Waals surface area (Å²) < 4.78 is 8.24. The smallest absolute Gasteiger partial charge is 0.0603 e. The average molecular weight is 457 g/mol. The van der Waals surface area contributed by atoms with Crippen LogP contribution in [0.5, 0.6) is 0 Å². The maximum Gasteiger partial charge on any atom is 0.0603 e. The Morgan fingerprint density at radius 1 is 0.941 bits per heavy atom. The van der Waals surface area contributed by atoms with Crippen LogP contribution in [0.4, 0.5) is 0 Å². The van der Waals surface area contributed by atoms with Crippen LogP contribution in [0.3, 0.4) is 0 Å². The summed E-state index contributed by atoms with van der Waals surface area (Å²) in [5.41, 5.74) is 5.80. The van der Waals surface area contributed by atoms with E-state index in [2.05, 4.69) is 64.2 Å². The van der Waals surface area contributed by atoms with Crippen LogP contribution in [0.2, 0.25) is 0 Å². The number of nitrogens with zero attached hydrogens (tertiary/aromatic N) is 3. The van der Waals surface area contributed by atoms with Gasteiger partial charge in [-0.05, 0) is 75.4 Å². The van der Waals surface area contributed by atoms with Gasteiger partial charge < -0.3 is 14.6 Å². The van der Waals surface area contributed by atoms with Gasteiger partial charge in [-0.2, -0.15) is 0 Å². The molecule has 2 fully saturated rings. The molecule has 178 valence electrons. The van der Waals surface area contributed by atoms with Gasteiger partial charge in [-0.25, -0.2) is 0 Å². The van der Waals surface area contributed by atoms with E-state index in [1.165, 1.54) is 59.5 Å². The first-order chi connectivity index (χ1) is 16.6. The van der Waals surface area contributed by atoms with Crippen LogP contribution >= 0.6 is 0 Å². The molecule has 0 bridgehead atoms. The van der Waals surface area contributed by atoms with E-state index in [0.29, 0.717) is 12.2 Å². The van der Waals surface area contributed by atoms with Crippen LogP contribution in [0, 0.1) is 12.8 Å². The van der Waals surface area contributed by atoms with Crippen molar-refractivity contribution in [3.8, 4) is 11.1 Å². The van der Waals surface area contributed by atoms with E-state index in [9.17, 15) is 0 Å². The van der Waals surface area contributed by atoms with Gasteiger partial charge in [-0.1, -0.05) is 31.5 Å². The van der Waals surface area contributed by atoms with Gasteiger partial charge in [0.05, 0.1) is 17.7 Å². The summed E-state index contributed by atoms with van der Waals surface area (Å²) >= 11 is 0. The summed E-state index contributed by atoms with van der Waals surface area (Å²) in [5, 5.41) is 5.80. The first kappa shape index (κ1) is 23.0. The number of aryl methyl sites for hydroxylation is 2. The second kappa shape index (κ2) is 10.2. The van der Waals surface area contributed by atoms with Gasteiger partial charge in [0.15, 0.2) is 0 Å². The zero-order valence-corrected chi connectivity index (χ0v) is 20.6. The number of hydrogen-bond acceptors (Lipinski definition) is 4. The summed E-state index contributed by atoms with van der Waals surface area (Å²) in [6.07, 6.45) is 13.3. The molecule has 1 aromatic carbocycles. The second-order valence-electron chi connectivity index (χ2n) is 9.83. The molecule has 6 rings (SSSR count). The molecule has 1 saturated heterocycles. The Labute approximate surface area is 202 Å². The second-order valence-corrected chi connectivity index (χ2v) is 9.83. The number of aromatic nitrogens is 3. The SMILES string of the molecule is CCC1CC(OC2CCNCC2)C1.Cc1ccc(-c2ccc3c4cnccc4n(C)c3c2)cn1. The molecule has 2 aliphatic rings. The van der Waals surface area contributed by atoms with Crippen molar-refractivity contribution in [2.75, 3.05) is 13.1 Å². The highest BCUT2D eigenvalue weighted by molar-refractivity contribution is 6.08. The molecule has 0 atom stereocenters. The van der Waals surface area contributed by atoms with E-state index in [1.807, 2.05) is 31.6 Å². The van der Waals surface area contributed by atoms with E-state index >= 15 is 0 Å². The van der Waals surface area contributed by atoms with E-state index in [4.69, 9.17) is 4.74 Å². The maximum absolute atomic E-state index is 6.02. The maximum atomic E-state index is 6.02. The fraction of sp³-hybridized carbons (Fsp3) is 0.448. The lowest BCUT2D eigenvalue weighted by atomic mass is 9.80. The van der Waals surface area contributed by atoms with Crippen LogP contribution in [-0.2, 0) is 11.8 Å². The molecule has 5 heteroatoms. The normalized spacial score (nSPS) is 20.7. The molecule has 1 N–H and O–H groups in total. The van der Waals surface area contributed by atoms with Crippen molar-refractivity contribution in [3.63, 3.8) is 0 Å². The molecule has 4 aromatic rings. The fourth-order valence-electron chi connectivity index (χ4n) is 5.19. The lowest BCUT2D eigenvalue weighted by molar-refractivity contribution is -0.0848. The molecule has 5 nitrogen and oxygen atoms in total. The predicted octanol–water partition coefficient (Wildman–Crippen LogP) is 6.04. The third-order valence-corrected chi connectivity index (χ3v) is 7.49. The van der Waals surface area contributed by atoms with E-state index in [0.717, 1.165) is 30.3 Å². The Kier molecular flexibility index (Phi) is 6.93. The molecule has 0 unspecified atom stereocenters. The minimum Gasteiger partial charge on any atom is -0.375 e. The molecule has 34 heavy (non-hydrogen) atoms. The average Bonchev–Trinajstić information content (AvgIpc) is 3.14. The van der Waals surface area contributed by atoms with Gasteiger partial charge in [-0.3, -0.25) is 9.97 Å². The quantitative estimate of drug-likeness (QED) is 0.407. The molecular formula is C29H36N4O. The standard InChI is InChI=1S/C18H15N3.C11H21NO/c1-12-3-4-14(10-20-12)13-5-6-15-16-11-19-8-7-17(16)21(2)18(15)9-13;1-2-9-7-11(8-9)13-10-3-5-12-6-4-10/h3-11H,1-2H3;9-12H,2-8H2,1H3. The summed E-state index contributed by atoms with van der Waals surface area (Å²) in [4.78, 5) is 8.63. The molecular weight excluding hydrogens is 420 g/mol. The van der Waals surface area contributed by atoms with Crippen molar-refractivity contribution in [2.45, 2.75) is 58.2 Å². The topological polar surface area (TPSA) is 52.0 Å². The van der Waals surface area contributed by atoms with Crippen LogP contribution in [0.25, 0.3) is 32.9 Å². The number of ether oxygens (including phenoxy) is 1. The van der Waals surface area contributed by atoms with Gasteiger partial charge in [0.2, 0.25) is 0 Å². The van der Waals surface area contributed by atoms with Crippen molar-refractivity contribution < 1.29 is 4.74 Å². The van der Waals surface area contributed by atoms with Crippen LogP contribution in [0.1, 0.15) is 44.7 Å². The summed E-state index contributed by atoms with van der Waals surface area (Å²) in [7, 11) is 2.10. The molecule has 0 amide bonds. The van der Waals surface area contributed by atoms with Crippen LogP contribution in [-0.4, -0.2) is 39.8 Å². The third-order valence-electron chi connectivity index (χ3n) is 7.49. The third kappa shape index (κ3) is 4.86. The fourth-order valence-corrected chi connectivity index (χ4v) is 5.19. The highest BCUT2D eigenvalue weighted by Crippen LogP contribution is 2.34. The zero-order valence-electron chi connectivity index (χ0n) is 20.6. The minimum absolute atomic E-state index is 0.559. The number of pyridine rings is 2. The first-order valence-electron chi connectivity index (χ1n) is 12.7. The Hall–Kier alpha value is -2.76. The van der Waals surface area contributed by atoms with Gasteiger partial charge in [0.1, 0.15) is 0 Å². The largest absolute Gasteiger partial charge is 0.375 e. The minimum atomic E-state index is 0.559. The number of nitrogens with one attached hydrogen (secondary N) is 1. The number of hydrogen-bond donors (Lipinski definition) is 1. The number of fused-ring (bicyclic) bond motifs is 3. The number of rotatable bonds is 4. The van der Waals surface area contributed by atoms with Crippen molar-refractivity contribution in [2.24, 2.45) is 13.0 Å². The first-order valence-corrected chi connectivity index (χ1v) is 12.7. The van der Waals surface area contributed by atoms with E-state index in [-0.39, 0.29) is 0 Å². The van der Waals surface area contributed by atoms with Crippen molar-refractivity contribution in [3.05, 3.63) is 60.7 Å². The zero-order chi connectivity index (χ0) is 23.5. The molecule has 4 heterocycles. The molecule has 1 saturated carbocycles. The van der Waals surface area contributed by atoms with Crippen molar-refractivity contribution in [1.29, 1.82) is 0 Å². The van der Waals surface area contributed by atoms with Gasteiger partial charge in [0, 0.05) is 53.2 Å². The highest BCUT2D eigenvalue weighted by Gasteiger charge is 2.30. The van der Waals surface area contributed by atoms with Gasteiger partial charge in [-0.15, -0.1) is 0 Å². The highest BCUT2D eigenvalue weighted by atomic mass is 16.5. The van der Waals surface area contributed by atoms with E-state index in [1.54, 1.807) is 0 Å². The van der Waals surface area contributed by atoms with Crippen molar-refractivity contribution in [1.82, 2.24) is 19.9 Å². The van der Waals surface area contributed by atoms with Crippen molar-refractivity contribution >= 4 is 21.8 Å². The number of benzene rings is 1. The van der Waals surface area contributed by atoms with Gasteiger partial charge >= 0.3 is 0 Å². The number of piperidine rings is 1. The molecule has 1 aliphatic carbocycles. The molecule has 0 spiro atoms.